The van der Waals surface area contributed by atoms with Crippen LogP contribution in [0.15, 0.2) is 77.6 Å². The number of benzene rings is 3. The van der Waals surface area contributed by atoms with Gasteiger partial charge < -0.3 is 9.84 Å². The molecule has 0 aliphatic rings. The molecule has 1 N–H and O–H groups in total. The summed E-state index contributed by atoms with van der Waals surface area (Å²) in [5.74, 6) is 1.16. The Balaban J connectivity index is 1.92. The van der Waals surface area contributed by atoms with Crippen LogP contribution in [0.5, 0.6) is 11.5 Å². The van der Waals surface area contributed by atoms with Gasteiger partial charge in [0.2, 0.25) is 0 Å². The maximum atomic E-state index is 13.2. The van der Waals surface area contributed by atoms with E-state index in [1.807, 2.05) is 54.6 Å². The quantitative estimate of drug-likeness (QED) is 0.583. The Morgan fingerprint density at radius 3 is 2.50 bits per heavy atom. The number of ether oxygens (including phenoxy) is 1. The molecule has 0 unspecified atom stereocenters. The van der Waals surface area contributed by atoms with Crippen LogP contribution < -0.4 is 10.3 Å². The highest BCUT2D eigenvalue weighted by Crippen LogP contribution is 2.25. The molecule has 4 rings (SSSR count). The highest BCUT2D eigenvalue weighted by molar-refractivity contribution is 5.80. The van der Waals surface area contributed by atoms with E-state index in [2.05, 4.69) is 4.98 Å². The number of phenolic OH excluding ortho intramolecular Hbond substituents is 1. The summed E-state index contributed by atoms with van der Waals surface area (Å²) in [6, 6.07) is 21.6. The van der Waals surface area contributed by atoms with Gasteiger partial charge in [-0.2, -0.15) is 0 Å². The lowest BCUT2D eigenvalue weighted by molar-refractivity contribution is 0.407. The van der Waals surface area contributed by atoms with E-state index in [0.29, 0.717) is 22.5 Å². The Hall–Kier alpha value is -3.86. The Morgan fingerprint density at radius 1 is 0.964 bits per heavy atom. The van der Waals surface area contributed by atoms with Gasteiger partial charge in [0, 0.05) is 11.6 Å². The van der Waals surface area contributed by atoms with Gasteiger partial charge in [0.25, 0.3) is 5.56 Å². The molecule has 0 radical (unpaired) electrons. The lowest BCUT2D eigenvalue weighted by Gasteiger charge is -2.11. The summed E-state index contributed by atoms with van der Waals surface area (Å²) in [7, 11) is 1.54. The number of nitrogens with zero attached hydrogens (tertiary/aromatic N) is 2. The van der Waals surface area contributed by atoms with Gasteiger partial charge in [0.15, 0.2) is 0 Å². The fraction of sp³-hybridized carbons (Fsp3) is 0.0435. The number of methoxy groups -OCH3 is 1. The lowest BCUT2D eigenvalue weighted by Crippen LogP contribution is -2.22. The predicted octanol–water partition coefficient (Wildman–Crippen LogP) is 4.27. The van der Waals surface area contributed by atoms with Crippen LogP contribution in [-0.4, -0.2) is 21.8 Å². The van der Waals surface area contributed by atoms with Gasteiger partial charge in [-0.05, 0) is 48.6 Å². The zero-order valence-corrected chi connectivity index (χ0v) is 15.2. The molecule has 0 fully saturated rings. The van der Waals surface area contributed by atoms with E-state index in [9.17, 15) is 9.90 Å². The Labute approximate surface area is 161 Å². The van der Waals surface area contributed by atoms with Crippen molar-refractivity contribution in [1.82, 2.24) is 9.55 Å². The fourth-order valence-electron chi connectivity index (χ4n) is 3.09. The Bertz CT molecular complexity index is 1230. The van der Waals surface area contributed by atoms with E-state index >= 15 is 0 Å². The molecule has 0 spiro atoms. The van der Waals surface area contributed by atoms with E-state index < -0.39 is 0 Å². The molecule has 0 aliphatic heterocycles. The molecule has 4 aromatic rings. The van der Waals surface area contributed by atoms with Crippen molar-refractivity contribution in [3.05, 3.63) is 94.5 Å². The molecule has 0 atom stereocenters. The second-order valence-corrected chi connectivity index (χ2v) is 6.22. The zero-order chi connectivity index (χ0) is 19.5. The minimum Gasteiger partial charge on any atom is -0.508 e. The third-order valence-electron chi connectivity index (χ3n) is 4.45. The number of aromatic hydroxyl groups is 1. The van der Waals surface area contributed by atoms with Crippen LogP contribution in [-0.2, 0) is 0 Å². The van der Waals surface area contributed by atoms with Gasteiger partial charge in [-0.15, -0.1) is 0 Å². The number of phenols is 1. The molecule has 0 saturated heterocycles. The van der Waals surface area contributed by atoms with Crippen LogP contribution in [0.1, 0.15) is 11.4 Å². The third-order valence-corrected chi connectivity index (χ3v) is 4.45. The molecule has 3 aromatic carbocycles. The highest BCUT2D eigenvalue weighted by atomic mass is 16.5. The molecule has 28 heavy (non-hydrogen) atoms. The maximum Gasteiger partial charge on any atom is 0.266 e. The number of rotatable bonds is 4. The smallest absolute Gasteiger partial charge is 0.266 e. The highest BCUT2D eigenvalue weighted by Gasteiger charge is 2.11. The van der Waals surface area contributed by atoms with Crippen LogP contribution in [0.3, 0.4) is 0 Å². The maximum absolute atomic E-state index is 13.2. The first-order chi connectivity index (χ1) is 13.7. The second-order valence-electron chi connectivity index (χ2n) is 6.22. The summed E-state index contributed by atoms with van der Waals surface area (Å²) in [6.45, 7) is 0. The summed E-state index contributed by atoms with van der Waals surface area (Å²) in [5.41, 5.74) is 2.01. The standard InChI is InChI=1S/C23H18N2O3/c1-28-21-15-18(26)13-11-16(21)12-14-22-24-20-10-6-5-9-19(20)23(27)25(22)17-7-3-2-4-8-17/h2-15,26H,1H3. The van der Waals surface area contributed by atoms with E-state index in [1.54, 1.807) is 36.0 Å². The summed E-state index contributed by atoms with van der Waals surface area (Å²) >= 11 is 0. The molecule has 5 heteroatoms. The van der Waals surface area contributed by atoms with Gasteiger partial charge in [0.1, 0.15) is 17.3 Å². The van der Waals surface area contributed by atoms with Crippen LogP contribution in [0.25, 0.3) is 28.7 Å². The molecule has 0 aliphatic carbocycles. The first-order valence-corrected chi connectivity index (χ1v) is 8.79. The van der Waals surface area contributed by atoms with E-state index in [1.165, 1.54) is 6.07 Å². The zero-order valence-electron chi connectivity index (χ0n) is 15.2. The molecular weight excluding hydrogens is 352 g/mol. The van der Waals surface area contributed by atoms with Gasteiger partial charge in [-0.3, -0.25) is 9.36 Å². The average molecular weight is 370 g/mol. The van der Waals surface area contributed by atoms with Gasteiger partial charge in [0.05, 0.1) is 23.7 Å². The summed E-state index contributed by atoms with van der Waals surface area (Å²) in [5, 5.41) is 10.2. The van der Waals surface area contributed by atoms with Gasteiger partial charge >= 0.3 is 0 Å². The van der Waals surface area contributed by atoms with Crippen molar-refractivity contribution >= 4 is 23.1 Å². The van der Waals surface area contributed by atoms with E-state index in [0.717, 1.165) is 11.3 Å². The van der Waals surface area contributed by atoms with Gasteiger partial charge in [-0.25, -0.2) is 4.98 Å². The fourth-order valence-corrected chi connectivity index (χ4v) is 3.09. The van der Waals surface area contributed by atoms with Crippen molar-refractivity contribution in [3.63, 3.8) is 0 Å². The first kappa shape index (κ1) is 17.5. The summed E-state index contributed by atoms with van der Waals surface area (Å²) in [6.07, 6.45) is 3.59. The monoisotopic (exact) mass is 370 g/mol. The first-order valence-electron chi connectivity index (χ1n) is 8.79. The topological polar surface area (TPSA) is 64.3 Å². The van der Waals surface area contributed by atoms with Crippen molar-refractivity contribution in [3.8, 4) is 17.2 Å². The Morgan fingerprint density at radius 2 is 1.71 bits per heavy atom. The SMILES string of the molecule is COc1cc(O)ccc1C=Cc1nc2ccccc2c(=O)n1-c1ccccc1. The second kappa shape index (κ2) is 7.40. The molecule has 1 heterocycles. The van der Waals surface area contributed by atoms with Crippen molar-refractivity contribution < 1.29 is 9.84 Å². The minimum atomic E-state index is -0.130. The van der Waals surface area contributed by atoms with Crippen molar-refractivity contribution in [2.24, 2.45) is 0 Å². The predicted molar refractivity (Wildman–Crippen MR) is 111 cm³/mol. The Kier molecular flexibility index (Phi) is 4.64. The molecule has 0 saturated carbocycles. The number of para-hydroxylation sites is 2. The molecule has 5 nitrogen and oxygen atoms in total. The number of hydrogen-bond acceptors (Lipinski definition) is 4. The molecular formula is C23H18N2O3. The molecule has 138 valence electrons. The third kappa shape index (κ3) is 3.25. The lowest BCUT2D eigenvalue weighted by atomic mass is 10.1. The van der Waals surface area contributed by atoms with Crippen LogP contribution in [0, 0.1) is 0 Å². The van der Waals surface area contributed by atoms with Crippen molar-refractivity contribution in [2.45, 2.75) is 0 Å². The number of aromatic nitrogens is 2. The molecule has 1 aromatic heterocycles. The average Bonchev–Trinajstić information content (AvgIpc) is 2.73. The summed E-state index contributed by atoms with van der Waals surface area (Å²) < 4.78 is 6.91. The number of hydrogen-bond donors (Lipinski definition) is 1. The van der Waals surface area contributed by atoms with Crippen LogP contribution in [0.2, 0.25) is 0 Å². The van der Waals surface area contributed by atoms with Crippen molar-refractivity contribution in [1.29, 1.82) is 0 Å². The molecule has 0 amide bonds. The van der Waals surface area contributed by atoms with Crippen molar-refractivity contribution in [2.75, 3.05) is 7.11 Å². The van der Waals surface area contributed by atoms with E-state index in [4.69, 9.17) is 4.74 Å². The molecule has 0 bridgehead atoms. The van der Waals surface area contributed by atoms with Gasteiger partial charge in [-0.1, -0.05) is 30.3 Å². The normalized spacial score (nSPS) is 11.2. The largest absolute Gasteiger partial charge is 0.508 e. The van der Waals surface area contributed by atoms with Crippen LogP contribution >= 0.6 is 0 Å². The van der Waals surface area contributed by atoms with Crippen LogP contribution in [0.4, 0.5) is 0 Å². The minimum absolute atomic E-state index is 0.124. The summed E-state index contributed by atoms with van der Waals surface area (Å²) in [4.78, 5) is 17.8. The van der Waals surface area contributed by atoms with E-state index in [-0.39, 0.29) is 11.3 Å². The number of fused-ring (bicyclic) bond motifs is 1.